The van der Waals surface area contributed by atoms with Crippen molar-refractivity contribution in [3.8, 4) is 11.1 Å². The van der Waals surface area contributed by atoms with Crippen LogP contribution in [-0.4, -0.2) is 48.9 Å². The van der Waals surface area contributed by atoms with Crippen LogP contribution in [0, 0.1) is 5.92 Å². The number of carbonyl (C=O) groups excluding carboxylic acids is 2. The predicted octanol–water partition coefficient (Wildman–Crippen LogP) is 3.59. The van der Waals surface area contributed by atoms with Crippen molar-refractivity contribution >= 4 is 17.6 Å². The lowest BCUT2D eigenvalue weighted by atomic mass is 9.97. The number of urea groups is 1. The van der Waals surface area contributed by atoms with E-state index in [2.05, 4.69) is 41.7 Å². The number of nitrogens with zero attached hydrogens (tertiary/aromatic N) is 2. The van der Waals surface area contributed by atoms with Crippen LogP contribution < -0.4 is 5.32 Å². The van der Waals surface area contributed by atoms with Crippen LogP contribution in [0.15, 0.2) is 42.5 Å². The lowest BCUT2D eigenvalue weighted by Crippen LogP contribution is -2.47. The van der Waals surface area contributed by atoms with Crippen molar-refractivity contribution in [2.24, 2.45) is 5.92 Å². The first-order valence-electron chi connectivity index (χ1n) is 9.51. The van der Waals surface area contributed by atoms with Gasteiger partial charge in [0.2, 0.25) is 5.91 Å². The van der Waals surface area contributed by atoms with Crippen LogP contribution in [0.3, 0.4) is 0 Å². The maximum atomic E-state index is 12.8. The lowest BCUT2D eigenvalue weighted by Gasteiger charge is -2.33. The second kappa shape index (κ2) is 7.06. The Morgan fingerprint density at radius 1 is 1.07 bits per heavy atom. The molecule has 1 N–H and O–H groups in total. The highest BCUT2D eigenvalue weighted by Crippen LogP contribution is 2.37. The topological polar surface area (TPSA) is 52.7 Å². The highest BCUT2D eigenvalue weighted by Gasteiger charge is 2.29. The van der Waals surface area contributed by atoms with Gasteiger partial charge in [0.05, 0.1) is 5.92 Å². The van der Waals surface area contributed by atoms with E-state index in [0.717, 1.165) is 31.5 Å². The van der Waals surface area contributed by atoms with E-state index >= 15 is 0 Å². The summed E-state index contributed by atoms with van der Waals surface area (Å²) in [6.07, 6.45) is 2.62. The van der Waals surface area contributed by atoms with E-state index in [-0.39, 0.29) is 17.9 Å². The Labute approximate surface area is 160 Å². The molecule has 5 nitrogen and oxygen atoms in total. The molecule has 2 aromatic carbocycles. The summed E-state index contributed by atoms with van der Waals surface area (Å²) in [7, 11) is 3.49. The third-order valence-corrected chi connectivity index (χ3v) is 5.51. The molecule has 1 heterocycles. The minimum Gasteiger partial charge on any atom is -0.331 e. The van der Waals surface area contributed by atoms with Crippen molar-refractivity contribution < 1.29 is 9.59 Å². The maximum absolute atomic E-state index is 12.8. The zero-order valence-electron chi connectivity index (χ0n) is 15.9. The standard InChI is InChI=1S/C22H25N3O2/c1-24(2)22(27)25-11-5-7-17(14-25)21(26)23-18-10-9-16-12-15-6-3-4-8-19(15)20(16)13-18/h3-4,6,8-10,13,17H,5,7,11-12,14H2,1-2H3,(H,23,26)/t17-/m1/s1. The van der Waals surface area contributed by atoms with Gasteiger partial charge in [-0.1, -0.05) is 30.3 Å². The molecule has 1 atom stereocenters. The first kappa shape index (κ1) is 17.6. The zero-order chi connectivity index (χ0) is 19.0. The summed E-state index contributed by atoms with van der Waals surface area (Å²) in [5.74, 6) is -0.166. The molecule has 140 valence electrons. The van der Waals surface area contributed by atoms with Gasteiger partial charge in [0.1, 0.15) is 0 Å². The Kier molecular flexibility index (Phi) is 4.60. The molecular weight excluding hydrogens is 338 g/mol. The van der Waals surface area contributed by atoms with Crippen LogP contribution >= 0.6 is 0 Å². The summed E-state index contributed by atoms with van der Waals surface area (Å²) in [6, 6.07) is 14.5. The Hall–Kier alpha value is -2.82. The number of likely N-dealkylation sites (tertiary alicyclic amines) is 1. The number of anilines is 1. The Balaban J connectivity index is 1.47. The van der Waals surface area contributed by atoms with Gasteiger partial charge in [-0.3, -0.25) is 4.79 Å². The first-order chi connectivity index (χ1) is 13.0. The SMILES string of the molecule is CN(C)C(=O)N1CCC[C@@H](C(=O)Nc2ccc3c(c2)-c2ccccc2C3)C1. The summed E-state index contributed by atoms with van der Waals surface area (Å²) in [4.78, 5) is 28.3. The molecule has 0 unspecified atom stereocenters. The van der Waals surface area contributed by atoms with Crippen molar-refractivity contribution in [2.75, 3.05) is 32.5 Å². The van der Waals surface area contributed by atoms with Gasteiger partial charge >= 0.3 is 6.03 Å². The van der Waals surface area contributed by atoms with Crippen molar-refractivity contribution in [3.05, 3.63) is 53.6 Å². The van der Waals surface area contributed by atoms with E-state index in [0.29, 0.717) is 6.54 Å². The van der Waals surface area contributed by atoms with Crippen molar-refractivity contribution in [1.82, 2.24) is 9.80 Å². The highest BCUT2D eigenvalue weighted by atomic mass is 16.2. The Bertz CT molecular complexity index is 891. The van der Waals surface area contributed by atoms with E-state index in [1.165, 1.54) is 22.3 Å². The molecule has 1 aliphatic carbocycles. The average Bonchev–Trinajstić information content (AvgIpc) is 3.05. The largest absolute Gasteiger partial charge is 0.331 e. The molecule has 5 heteroatoms. The molecule has 0 bridgehead atoms. The van der Waals surface area contributed by atoms with Crippen LogP contribution in [0.5, 0.6) is 0 Å². The Morgan fingerprint density at radius 3 is 2.67 bits per heavy atom. The van der Waals surface area contributed by atoms with Gasteiger partial charge in [-0.25, -0.2) is 4.79 Å². The van der Waals surface area contributed by atoms with E-state index in [1.807, 2.05) is 6.07 Å². The molecule has 1 fully saturated rings. The molecular formula is C22H25N3O2. The second-order valence-electron chi connectivity index (χ2n) is 7.66. The van der Waals surface area contributed by atoms with E-state index in [9.17, 15) is 9.59 Å². The summed E-state index contributed by atoms with van der Waals surface area (Å²) in [5, 5.41) is 3.07. The quantitative estimate of drug-likeness (QED) is 0.756. The minimum atomic E-state index is -0.164. The van der Waals surface area contributed by atoms with Crippen LogP contribution in [0.1, 0.15) is 24.0 Å². The fourth-order valence-corrected chi connectivity index (χ4v) is 4.09. The van der Waals surface area contributed by atoms with Gasteiger partial charge < -0.3 is 15.1 Å². The molecule has 3 amide bonds. The number of hydrogen-bond donors (Lipinski definition) is 1. The number of rotatable bonds is 2. The van der Waals surface area contributed by atoms with Gasteiger partial charge in [0, 0.05) is 32.9 Å². The molecule has 2 aromatic rings. The van der Waals surface area contributed by atoms with Crippen molar-refractivity contribution in [1.29, 1.82) is 0 Å². The molecule has 4 rings (SSSR count). The monoisotopic (exact) mass is 363 g/mol. The highest BCUT2D eigenvalue weighted by molar-refractivity contribution is 5.94. The molecule has 2 aliphatic rings. The Morgan fingerprint density at radius 2 is 1.85 bits per heavy atom. The van der Waals surface area contributed by atoms with Gasteiger partial charge in [0.15, 0.2) is 0 Å². The van der Waals surface area contributed by atoms with Crippen LogP contribution in [0.2, 0.25) is 0 Å². The number of benzene rings is 2. The lowest BCUT2D eigenvalue weighted by molar-refractivity contribution is -0.121. The third-order valence-electron chi connectivity index (χ3n) is 5.51. The van der Waals surface area contributed by atoms with Crippen molar-refractivity contribution in [3.63, 3.8) is 0 Å². The molecule has 0 aromatic heterocycles. The fraction of sp³-hybridized carbons (Fsp3) is 0.364. The number of nitrogens with one attached hydrogen (secondary N) is 1. The normalized spacial score (nSPS) is 17.9. The van der Waals surface area contributed by atoms with Crippen molar-refractivity contribution in [2.45, 2.75) is 19.3 Å². The van der Waals surface area contributed by atoms with E-state index in [4.69, 9.17) is 0 Å². The molecule has 27 heavy (non-hydrogen) atoms. The van der Waals surface area contributed by atoms with Gasteiger partial charge in [-0.15, -0.1) is 0 Å². The summed E-state index contributed by atoms with van der Waals surface area (Å²) in [5.41, 5.74) is 5.92. The van der Waals surface area contributed by atoms with Crippen LogP contribution in [-0.2, 0) is 11.2 Å². The molecule has 1 saturated heterocycles. The fourth-order valence-electron chi connectivity index (χ4n) is 4.09. The molecule has 0 radical (unpaired) electrons. The van der Waals surface area contributed by atoms with E-state index < -0.39 is 0 Å². The number of fused-ring (bicyclic) bond motifs is 3. The molecule has 0 saturated carbocycles. The number of piperidine rings is 1. The van der Waals surface area contributed by atoms with Gasteiger partial charge in [0.25, 0.3) is 0 Å². The van der Waals surface area contributed by atoms with Gasteiger partial charge in [-0.05, 0) is 53.6 Å². The number of hydrogen-bond acceptors (Lipinski definition) is 2. The number of amides is 3. The first-order valence-corrected chi connectivity index (χ1v) is 9.51. The van der Waals surface area contributed by atoms with E-state index in [1.54, 1.807) is 23.9 Å². The third kappa shape index (κ3) is 3.42. The molecule has 1 aliphatic heterocycles. The second-order valence-corrected chi connectivity index (χ2v) is 7.66. The van der Waals surface area contributed by atoms with Crippen LogP contribution in [0.4, 0.5) is 10.5 Å². The zero-order valence-corrected chi connectivity index (χ0v) is 15.9. The maximum Gasteiger partial charge on any atom is 0.319 e. The minimum absolute atomic E-state index is 0.00233. The summed E-state index contributed by atoms with van der Waals surface area (Å²) >= 11 is 0. The summed E-state index contributed by atoms with van der Waals surface area (Å²) < 4.78 is 0. The summed E-state index contributed by atoms with van der Waals surface area (Å²) in [6.45, 7) is 1.20. The van der Waals surface area contributed by atoms with Gasteiger partial charge in [-0.2, -0.15) is 0 Å². The van der Waals surface area contributed by atoms with Crippen LogP contribution in [0.25, 0.3) is 11.1 Å². The predicted molar refractivity (Wildman–Crippen MR) is 107 cm³/mol. The number of carbonyl (C=O) groups is 2. The average molecular weight is 363 g/mol. The smallest absolute Gasteiger partial charge is 0.319 e. The molecule has 0 spiro atoms.